The summed E-state index contributed by atoms with van der Waals surface area (Å²) in [6, 6.07) is 88.0. The standard InChI is InChI=1S/C58H40N2/c1-4-17-41(18-5-1)42-31-33-46(34-32-42)51-26-12-14-28-55(51)59(56-30-16-24-44-23-10-11-25-50(44)56)48-36-38-53-52-27-13-15-29-57(52)60(58(53)40-48)47-35-37-49(43-19-6-2-7-20-43)54(39-47)45-21-8-3-9-22-45/h1-40H. The predicted octanol–water partition coefficient (Wildman–Crippen LogP) is 16.1. The molecule has 0 spiro atoms. The van der Waals surface area contributed by atoms with Crippen LogP contribution in [0.15, 0.2) is 243 Å². The number of aromatic nitrogens is 1. The fraction of sp³-hybridized carbons (Fsp3) is 0. The molecule has 0 aliphatic heterocycles. The summed E-state index contributed by atoms with van der Waals surface area (Å²) < 4.78 is 2.45. The summed E-state index contributed by atoms with van der Waals surface area (Å²) in [5.74, 6) is 0. The van der Waals surface area contributed by atoms with Gasteiger partial charge in [-0.3, -0.25) is 0 Å². The molecule has 0 saturated heterocycles. The zero-order valence-corrected chi connectivity index (χ0v) is 33.0. The van der Waals surface area contributed by atoms with E-state index in [4.69, 9.17) is 0 Å². The minimum absolute atomic E-state index is 1.08. The lowest BCUT2D eigenvalue weighted by molar-refractivity contribution is 1.18. The SMILES string of the molecule is c1ccc(-c2ccc(-c3ccccc3N(c3ccc4c5ccccc5n(-c5ccc(-c6ccccc6)c(-c6ccccc6)c5)c4c3)c3cccc4ccccc34)cc2)cc1. The van der Waals surface area contributed by atoms with Crippen molar-refractivity contribution in [3.63, 3.8) is 0 Å². The second-order valence-corrected chi connectivity index (χ2v) is 15.3. The Bertz CT molecular complexity index is 3290. The molecule has 0 amide bonds. The van der Waals surface area contributed by atoms with E-state index in [0.717, 1.165) is 39.4 Å². The van der Waals surface area contributed by atoms with Gasteiger partial charge in [-0.25, -0.2) is 0 Å². The molecule has 0 fully saturated rings. The smallest absolute Gasteiger partial charge is 0.0561 e. The van der Waals surface area contributed by atoms with Crippen molar-refractivity contribution in [2.24, 2.45) is 0 Å². The lowest BCUT2D eigenvalue weighted by Gasteiger charge is -2.29. The molecule has 0 atom stereocenters. The van der Waals surface area contributed by atoms with Crippen molar-refractivity contribution < 1.29 is 0 Å². The molecule has 0 aliphatic rings. The summed E-state index contributed by atoms with van der Waals surface area (Å²) in [4.78, 5) is 2.46. The number of hydrogen-bond donors (Lipinski definition) is 0. The lowest BCUT2D eigenvalue weighted by Crippen LogP contribution is -2.12. The van der Waals surface area contributed by atoms with Gasteiger partial charge in [-0.1, -0.05) is 200 Å². The number of nitrogens with zero attached hydrogens (tertiary/aromatic N) is 2. The van der Waals surface area contributed by atoms with E-state index >= 15 is 0 Å². The van der Waals surface area contributed by atoms with Gasteiger partial charge in [0.15, 0.2) is 0 Å². The van der Waals surface area contributed by atoms with Gasteiger partial charge in [0.2, 0.25) is 0 Å². The van der Waals surface area contributed by atoms with Crippen molar-refractivity contribution in [2.45, 2.75) is 0 Å². The lowest BCUT2D eigenvalue weighted by atomic mass is 9.94. The van der Waals surface area contributed by atoms with E-state index in [0.29, 0.717) is 0 Å². The Balaban J connectivity index is 1.14. The topological polar surface area (TPSA) is 8.17 Å². The summed E-state index contributed by atoms with van der Waals surface area (Å²) >= 11 is 0. The van der Waals surface area contributed by atoms with Crippen molar-refractivity contribution in [3.8, 4) is 50.2 Å². The molecule has 10 aromatic carbocycles. The Morgan fingerprint density at radius 2 is 0.817 bits per heavy atom. The van der Waals surface area contributed by atoms with Gasteiger partial charge in [-0.05, 0) is 86.8 Å². The summed E-state index contributed by atoms with van der Waals surface area (Å²) in [5.41, 5.74) is 16.3. The Kier molecular flexibility index (Phi) is 8.87. The van der Waals surface area contributed by atoms with Gasteiger partial charge in [0.25, 0.3) is 0 Å². The molecule has 2 nitrogen and oxygen atoms in total. The highest BCUT2D eigenvalue weighted by Crippen LogP contribution is 2.46. The van der Waals surface area contributed by atoms with Crippen molar-refractivity contribution >= 4 is 49.6 Å². The number of rotatable bonds is 8. The average molecular weight is 765 g/mol. The molecule has 2 heteroatoms. The largest absolute Gasteiger partial charge is 0.309 e. The maximum Gasteiger partial charge on any atom is 0.0561 e. The number of hydrogen-bond acceptors (Lipinski definition) is 1. The van der Waals surface area contributed by atoms with Gasteiger partial charge in [-0.2, -0.15) is 0 Å². The zero-order chi connectivity index (χ0) is 39.8. The van der Waals surface area contributed by atoms with Crippen LogP contribution < -0.4 is 4.90 Å². The molecule has 11 rings (SSSR count). The van der Waals surface area contributed by atoms with Crippen LogP contribution in [-0.4, -0.2) is 4.57 Å². The zero-order valence-electron chi connectivity index (χ0n) is 33.0. The number of anilines is 3. The van der Waals surface area contributed by atoms with Gasteiger partial charge >= 0.3 is 0 Å². The molecule has 1 heterocycles. The van der Waals surface area contributed by atoms with Crippen LogP contribution in [0.3, 0.4) is 0 Å². The van der Waals surface area contributed by atoms with E-state index in [1.165, 1.54) is 60.4 Å². The van der Waals surface area contributed by atoms with Crippen molar-refractivity contribution in [2.75, 3.05) is 4.90 Å². The molecule has 0 aliphatic carbocycles. The normalized spacial score (nSPS) is 11.3. The summed E-state index contributed by atoms with van der Waals surface area (Å²) in [7, 11) is 0. The molecule has 0 bridgehead atoms. The highest BCUT2D eigenvalue weighted by molar-refractivity contribution is 6.11. The quantitative estimate of drug-likeness (QED) is 0.150. The minimum Gasteiger partial charge on any atom is -0.309 e. The highest BCUT2D eigenvalue weighted by Gasteiger charge is 2.22. The number of para-hydroxylation sites is 2. The van der Waals surface area contributed by atoms with Gasteiger partial charge in [-0.15, -0.1) is 0 Å². The maximum atomic E-state index is 2.46. The van der Waals surface area contributed by atoms with Crippen molar-refractivity contribution in [1.29, 1.82) is 0 Å². The van der Waals surface area contributed by atoms with E-state index in [1.807, 2.05) is 0 Å². The van der Waals surface area contributed by atoms with E-state index in [-0.39, 0.29) is 0 Å². The van der Waals surface area contributed by atoms with Crippen LogP contribution in [0.4, 0.5) is 17.1 Å². The summed E-state index contributed by atoms with van der Waals surface area (Å²) in [5, 5.41) is 4.83. The molecular formula is C58H40N2. The predicted molar refractivity (Wildman–Crippen MR) is 255 cm³/mol. The van der Waals surface area contributed by atoms with Crippen molar-refractivity contribution in [3.05, 3.63) is 243 Å². The molecule has 11 aromatic rings. The Morgan fingerprint density at radius 3 is 1.58 bits per heavy atom. The molecule has 60 heavy (non-hydrogen) atoms. The van der Waals surface area contributed by atoms with Crippen LogP contribution in [0, 0.1) is 0 Å². The third kappa shape index (κ3) is 6.23. The summed E-state index contributed by atoms with van der Waals surface area (Å²) in [6.45, 7) is 0. The van der Waals surface area contributed by atoms with Crippen molar-refractivity contribution in [1.82, 2.24) is 4.57 Å². The molecular weight excluding hydrogens is 725 g/mol. The molecule has 0 unspecified atom stereocenters. The Hall–Kier alpha value is -7.94. The minimum atomic E-state index is 1.08. The first kappa shape index (κ1) is 35.2. The van der Waals surface area contributed by atoms with Crippen LogP contribution >= 0.6 is 0 Å². The Labute approximate surface area is 350 Å². The number of benzene rings is 10. The van der Waals surface area contributed by atoms with Gasteiger partial charge in [0.1, 0.15) is 0 Å². The molecule has 282 valence electrons. The highest BCUT2D eigenvalue weighted by atomic mass is 15.1. The van der Waals surface area contributed by atoms with Crippen LogP contribution in [0.1, 0.15) is 0 Å². The summed E-state index contributed by atoms with van der Waals surface area (Å²) in [6.07, 6.45) is 0. The average Bonchev–Trinajstić information content (AvgIpc) is 3.66. The first-order valence-electron chi connectivity index (χ1n) is 20.6. The Morgan fingerprint density at radius 1 is 0.283 bits per heavy atom. The van der Waals surface area contributed by atoms with E-state index in [1.54, 1.807) is 0 Å². The van der Waals surface area contributed by atoms with E-state index < -0.39 is 0 Å². The molecule has 1 aromatic heterocycles. The van der Waals surface area contributed by atoms with Crippen LogP contribution in [0.25, 0.3) is 82.8 Å². The van der Waals surface area contributed by atoms with Crippen LogP contribution in [0.2, 0.25) is 0 Å². The first-order chi connectivity index (χ1) is 29.8. The van der Waals surface area contributed by atoms with Gasteiger partial charge < -0.3 is 9.47 Å². The second-order valence-electron chi connectivity index (χ2n) is 15.3. The van der Waals surface area contributed by atoms with Gasteiger partial charge in [0, 0.05) is 33.1 Å². The van der Waals surface area contributed by atoms with Gasteiger partial charge in [0.05, 0.1) is 22.4 Å². The maximum absolute atomic E-state index is 2.46. The van der Waals surface area contributed by atoms with Crippen LogP contribution in [0.5, 0.6) is 0 Å². The van der Waals surface area contributed by atoms with E-state index in [2.05, 4.69) is 252 Å². The molecule has 0 saturated carbocycles. The first-order valence-corrected chi connectivity index (χ1v) is 20.6. The monoisotopic (exact) mass is 764 g/mol. The molecule has 0 radical (unpaired) electrons. The van der Waals surface area contributed by atoms with E-state index in [9.17, 15) is 0 Å². The van der Waals surface area contributed by atoms with Crippen LogP contribution in [-0.2, 0) is 0 Å². The molecule has 0 N–H and O–H groups in total. The third-order valence-electron chi connectivity index (χ3n) is 11.8. The second kappa shape index (κ2) is 15.1. The number of fused-ring (bicyclic) bond motifs is 4. The third-order valence-corrected chi connectivity index (χ3v) is 11.8. The fourth-order valence-electron chi connectivity index (χ4n) is 8.97. The fourth-order valence-corrected chi connectivity index (χ4v) is 8.97.